The monoisotopic (exact) mass is 401 g/mol. The van der Waals surface area contributed by atoms with Gasteiger partial charge in [-0.25, -0.2) is 9.83 Å². The molecule has 0 radical (unpaired) electrons. The molecule has 4 rings (SSSR count). The van der Waals surface area contributed by atoms with Gasteiger partial charge in [0.15, 0.2) is 5.78 Å². The van der Waals surface area contributed by atoms with E-state index in [1.807, 2.05) is 13.0 Å². The van der Waals surface area contributed by atoms with Gasteiger partial charge < -0.3 is 9.36 Å². The summed E-state index contributed by atoms with van der Waals surface area (Å²) in [4.78, 5) is 21.4. The second-order valence-electron chi connectivity index (χ2n) is 9.69. The average Bonchev–Trinajstić information content (AvgIpc) is 3.12. The van der Waals surface area contributed by atoms with E-state index in [-0.39, 0.29) is 34.8 Å². The lowest BCUT2D eigenvalue weighted by atomic mass is 9.59. The van der Waals surface area contributed by atoms with E-state index >= 15 is 0 Å². The van der Waals surface area contributed by atoms with Crippen LogP contribution < -0.4 is 0 Å². The fraction of sp³-hybridized carbons (Fsp3) is 0.500. The van der Waals surface area contributed by atoms with Crippen molar-refractivity contribution in [1.82, 2.24) is 9.55 Å². The highest BCUT2D eigenvalue weighted by atomic mass is 16.1. The number of allylic oxidation sites excluding steroid dienone is 2. The van der Waals surface area contributed by atoms with Crippen LogP contribution in [0, 0.1) is 18.4 Å². The molecule has 0 unspecified atom stereocenters. The molecule has 0 spiro atoms. The summed E-state index contributed by atoms with van der Waals surface area (Å²) < 4.78 is 2.37. The molecular formula is C26H31N3O. The molecule has 4 nitrogen and oxygen atoms in total. The van der Waals surface area contributed by atoms with Gasteiger partial charge in [-0.1, -0.05) is 58.0 Å². The van der Waals surface area contributed by atoms with E-state index in [0.717, 1.165) is 29.9 Å². The lowest BCUT2D eigenvalue weighted by molar-refractivity contribution is -0.121. The number of ketones is 1. The van der Waals surface area contributed by atoms with Crippen LogP contribution in [0.2, 0.25) is 0 Å². The van der Waals surface area contributed by atoms with Crippen molar-refractivity contribution >= 4 is 5.78 Å². The molecule has 3 atom stereocenters. The zero-order valence-corrected chi connectivity index (χ0v) is 18.9. The van der Waals surface area contributed by atoms with E-state index in [2.05, 4.69) is 68.3 Å². The van der Waals surface area contributed by atoms with Crippen molar-refractivity contribution in [3.63, 3.8) is 0 Å². The van der Waals surface area contributed by atoms with Crippen LogP contribution in [0.25, 0.3) is 16.2 Å². The molecule has 0 bridgehead atoms. The average molecular weight is 402 g/mol. The largest absolute Gasteiger partial charge is 0.325 e. The van der Waals surface area contributed by atoms with Crippen LogP contribution in [-0.2, 0) is 16.6 Å². The molecule has 1 aromatic carbocycles. The van der Waals surface area contributed by atoms with Crippen LogP contribution >= 0.6 is 0 Å². The lowest BCUT2D eigenvalue weighted by Crippen LogP contribution is -2.45. The zero-order chi connectivity index (χ0) is 21.8. The second-order valence-corrected chi connectivity index (χ2v) is 9.69. The first kappa shape index (κ1) is 20.6. The Kier molecular flexibility index (Phi) is 4.97. The number of nitrogens with zero attached hydrogens (tertiary/aromatic N) is 3. The third kappa shape index (κ3) is 2.95. The molecule has 0 fully saturated rings. The minimum absolute atomic E-state index is 0.0104. The molecular weight excluding hydrogens is 370 g/mol. The van der Waals surface area contributed by atoms with E-state index in [0.29, 0.717) is 5.92 Å². The summed E-state index contributed by atoms with van der Waals surface area (Å²) in [5, 5.41) is 0. The number of imidazole rings is 1. The van der Waals surface area contributed by atoms with Gasteiger partial charge in [0.05, 0.1) is 12.3 Å². The zero-order valence-electron chi connectivity index (χ0n) is 18.9. The predicted octanol–water partition coefficient (Wildman–Crippen LogP) is 6.10. The molecule has 0 aliphatic heterocycles. The molecule has 1 aromatic heterocycles. The van der Waals surface area contributed by atoms with Crippen molar-refractivity contribution in [3.05, 3.63) is 64.4 Å². The Bertz CT molecular complexity index is 1060. The van der Waals surface area contributed by atoms with E-state index in [9.17, 15) is 4.79 Å². The minimum atomic E-state index is -0.381. The van der Waals surface area contributed by atoms with Gasteiger partial charge in [-0.3, -0.25) is 0 Å². The van der Waals surface area contributed by atoms with Crippen molar-refractivity contribution in [3.8, 4) is 11.4 Å². The van der Waals surface area contributed by atoms with Crippen LogP contribution in [0.4, 0.5) is 0 Å². The van der Waals surface area contributed by atoms with Gasteiger partial charge in [0.25, 0.3) is 0 Å². The van der Waals surface area contributed by atoms with Gasteiger partial charge in [-0.05, 0) is 44.1 Å². The summed E-state index contributed by atoms with van der Waals surface area (Å²) in [5.41, 5.74) is 4.65. The first-order valence-corrected chi connectivity index (χ1v) is 11.1. The molecule has 1 heterocycles. The maximum atomic E-state index is 12.6. The Morgan fingerprint density at radius 2 is 1.87 bits per heavy atom. The number of Topliss-reactive ketones (excluding diaryl/α,β-unsaturated/α-hetero) is 1. The molecule has 0 saturated heterocycles. The van der Waals surface area contributed by atoms with E-state index in [1.54, 1.807) is 0 Å². The molecule has 0 saturated carbocycles. The third-order valence-corrected chi connectivity index (χ3v) is 7.16. The Morgan fingerprint density at radius 3 is 2.43 bits per heavy atom. The van der Waals surface area contributed by atoms with Crippen molar-refractivity contribution < 1.29 is 4.79 Å². The van der Waals surface area contributed by atoms with Gasteiger partial charge in [-0.2, -0.15) is 0 Å². The molecule has 30 heavy (non-hydrogen) atoms. The Balaban J connectivity index is 1.92. The SMILES string of the molecule is [C-]#[N+]C1=C[C@@]2(C)c3nc(-c4ccc(C(C)C)cc4)n(C(C)C)c3CC[C@@H]2[C@@H](C)C1=O. The van der Waals surface area contributed by atoms with Crippen LogP contribution in [0.3, 0.4) is 0 Å². The molecule has 2 aromatic rings. The third-order valence-electron chi connectivity index (χ3n) is 7.16. The number of benzene rings is 1. The normalized spacial score (nSPS) is 25.7. The van der Waals surface area contributed by atoms with Gasteiger partial charge >= 0.3 is 0 Å². The van der Waals surface area contributed by atoms with Crippen molar-refractivity contribution in [2.45, 2.75) is 71.8 Å². The summed E-state index contributed by atoms with van der Waals surface area (Å²) in [6, 6.07) is 9.03. The van der Waals surface area contributed by atoms with Gasteiger partial charge in [0.1, 0.15) is 5.82 Å². The summed E-state index contributed by atoms with van der Waals surface area (Å²) in [5.74, 6) is 1.53. The number of fused-ring (bicyclic) bond motifs is 3. The van der Waals surface area contributed by atoms with Gasteiger partial charge in [-0.15, -0.1) is 0 Å². The number of hydrogen-bond donors (Lipinski definition) is 0. The molecule has 4 heteroatoms. The highest BCUT2D eigenvalue weighted by Gasteiger charge is 2.50. The Labute approximate surface area is 179 Å². The van der Waals surface area contributed by atoms with E-state index in [1.165, 1.54) is 11.3 Å². The number of carbonyl (C=O) groups is 1. The molecule has 156 valence electrons. The van der Waals surface area contributed by atoms with Crippen LogP contribution in [0.5, 0.6) is 0 Å². The lowest BCUT2D eigenvalue weighted by Gasteiger charge is -2.44. The van der Waals surface area contributed by atoms with E-state index < -0.39 is 0 Å². The first-order chi connectivity index (χ1) is 14.2. The van der Waals surface area contributed by atoms with E-state index in [4.69, 9.17) is 11.6 Å². The summed E-state index contributed by atoms with van der Waals surface area (Å²) >= 11 is 0. The first-order valence-electron chi connectivity index (χ1n) is 11.1. The summed E-state index contributed by atoms with van der Waals surface area (Å²) in [7, 11) is 0. The number of hydrogen-bond acceptors (Lipinski definition) is 2. The fourth-order valence-corrected chi connectivity index (χ4v) is 5.48. The van der Waals surface area contributed by atoms with Crippen molar-refractivity contribution in [2.24, 2.45) is 11.8 Å². The van der Waals surface area contributed by atoms with Crippen molar-refractivity contribution in [1.29, 1.82) is 0 Å². The molecule has 2 aliphatic rings. The molecule has 0 N–H and O–H groups in total. The topological polar surface area (TPSA) is 39.2 Å². The number of aromatic nitrogens is 2. The standard InChI is InChI=1S/C26H31N3O/c1-15(2)18-8-10-19(11-9-18)25-28-24-22(29(25)16(3)4)13-12-20-17(5)23(30)21(27-7)14-26(20,24)6/h8-11,14-17,20H,12-13H2,1-6H3/t17-,20-,26-/m1/s1. The summed E-state index contributed by atoms with van der Waals surface area (Å²) in [6.07, 6.45) is 3.78. The number of rotatable bonds is 3. The highest BCUT2D eigenvalue weighted by Crippen LogP contribution is 2.50. The van der Waals surface area contributed by atoms with Crippen LogP contribution in [0.1, 0.15) is 76.9 Å². The maximum Gasteiger partial charge on any atom is 0.226 e. The van der Waals surface area contributed by atoms with Gasteiger partial charge in [0, 0.05) is 28.6 Å². The predicted molar refractivity (Wildman–Crippen MR) is 120 cm³/mol. The Morgan fingerprint density at radius 1 is 1.20 bits per heavy atom. The Hall–Kier alpha value is -2.67. The maximum absolute atomic E-state index is 12.6. The smallest absolute Gasteiger partial charge is 0.226 e. The van der Waals surface area contributed by atoms with Crippen LogP contribution in [0.15, 0.2) is 36.0 Å². The summed E-state index contributed by atoms with van der Waals surface area (Å²) in [6.45, 7) is 20.5. The van der Waals surface area contributed by atoms with Gasteiger partial charge in [0.2, 0.25) is 5.70 Å². The highest BCUT2D eigenvalue weighted by molar-refractivity contribution is 6.00. The van der Waals surface area contributed by atoms with Crippen molar-refractivity contribution in [2.75, 3.05) is 0 Å². The fourth-order valence-electron chi connectivity index (χ4n) is 5.48. The molecule has 0 amide bonds. The minimum Gasteiger partial charge on any atom is -0.325 e. The number of carbonyl (C=O) groups excluding carboxylic acids is 1. The molecule has 2 aliphatic carbocycles. The quantitative estimate of drug-likeness (QED) is 0.583. The second kappa shape index (κ2) is 7.23. The van der Waals surface area contributed by atoms with Crippen LogP contribution in [-0.4, -0.2) is 15.3 Å².